The molecule has 2 heterocycles. The first kappa shape index (κ1) is 14.8. The molecule has 1 fully saturated rings. The van der Waals surface area contributed by atoms with Crippen molar-refractivity contribution in [3.8, 4) is 0 Å². The molecule has 112 valence electrons. The molecule has 0 aliphatic carbocycles. The molecule has 1 aromatic rings. The third kappa shape index (κ3) is 4.22. The topological polar surface area (TPSA) is 66.6 Å². The Kier molecular flexibility index (Phi) is 4.32. The highest BCUT2D eigenvalue weighted by Gasteiger charge is 2.32. The number of halogens is 3. The Morgan fingerprint density at radius 1 is 1.45 bits per heavy atom. The Morgan fingerprint density at radius 2 is 2.10 bits per heavy atom. The number of piperidine rings is 1. The fourth-order valence-corrected chi connectivity index (χ4v) is 2.40. The van der Waals surface area contributed by atoms with Gasteiger partial charge in [0.25, 0.3) is 0 Å². The van der Waals surface area contributed by atoms with Gasteiger partial charge < -0.3 is 9.63 Å². The van der Waals surface area contributed by atoms with Crippen molar-refractivity contribution in [2.24, 2.45) is 5.92 Å². The van der Waals surface area contributed by atoms with Gasteiger partial charge in [-0.1, -0.05) is 5.16 Å². The van der Waals surface area contributed by atoms with E-state index in [9.17, 15) is 18.0 Å². The molecule has 0 bridgehead atoms. The minimum Gasteiger partial charge on any atom is -0.476 e. The van der Waals surface area contributed by atoms with Gasteiger partial charge in [0.15, 0.2) is 5.69 Å². The lowest BCUT2D eigenvalue weighted by molar-refractivity contribution is -0.148. The van der Waals surface area contributed by atoms with Crippen LogP contribution in [0.4, 0.5) is 13.2 Å². The molecule has 1 aliphatic heterocycles. The molecule has 0 saturated carbocycles. The van der Waals surface area contributed by atoms with E-state index in [0.29, 0.717) is 38.1 Å². The van der Waals surface area contributed by atoms with Crippen LogP contribution in [0.15, 0.2) is 10.6 Å². The molecule has 0 unspecified atom stereocenters. The van der Waals surface area contributed by atoms with Gasteiger partial charge in [-0.05, 0) is 31.8 Å². The predicted molar refractivity (Wildman–Crippen MR) is 62.4 cm³/mol. The van der Waals surface area contributed by atoms with Crippen LogP contribution in [0.25, 0.3) is 0 Å². The molecule has 1 aliphatic rings. The van der Waals surface area contributed by atoms with E-state index in [1.807, 2.05) is 0 Å². The Balaban J connectivity index is 1.80. The third-order valence-corrected chi connectivity index (χ3v) is 3.38. The van der Waals surface area contributed by atoms with Gasteiger partial charge in [-0.2, -0.15) is 13.2 Å². The van der Waals surface area contributed by atoms with Crippen LogP contribution in [-0.2, 0) is 6.42 Å². The maximum Gasteiger partial charge on any atom is 0.401 e. The van der Waals surface area contributed by atoms with Crippen LogP contribution in [-0.4, -0.2) is 46.9 Å². The zero-order chi connectivity index (χ0) is 14.8. The number of likely N-dealkylation sites (tertiary alicyclic amines) is 1. The fourth-order valence-electron chi connectivity index (χ4n) is 2.40. The molecule has 0 aromatic carbocycles. The van der Waals surface area contributed by atoms with Crippen molar-refractivity contribution in [1.82, 2.24) is 10.1 Å². The van der Waals surface area contributed by atoms with Gasteiger partial charge in [-0.3, -0.25) is 4.90 Å². The first-order chi connectivity index (χ1) is 9.33. The van der Waals surface area contributed by atoms with E-state index in [-0.39, 0.29) is 11.6 Å². The summed E-state index contributed by atoms with van der Waals surface area (Å²) in [6.45, 7) is -0.0839. The molecular formula is C12H15F3N2O3. The van der Waals surface area contributed by atoms with E-state index >= 15 is 0 Å². The summed E-state index contributed by atoms with van der Waals surface area (Å²) in [6.07, 6.45) is -2.37. The predicted octanol–water partition coefficient (Wildman–Crippen LogP) is 2.19. The van der Waals surface area contributed by atoms with Crippen molar-refractivity contribution >= 4 is 5.97 Å². The highest BCUT2D eigenvalue weighted by molar-refractivity contribution is 5.85. The smallest absolute Gasteiger partial charge is 0.401 e. The van der Waals surface area contributed by atoms with Gasteiger partial charge in [0, 0.05) is 12.5 Å². The van der Waals surface area contributed by atoms with Crippen LogP contribution >= 0.6 is 0 Å². The average Bonchev–Trinajstić information content (AvgIpc) is 2.78. The molecule has 2 rings (SSSR count). The Hall–Kier alpha value is -1.57. The minimum atomic E-state index is -4.16. The van der Waals surface area contributed by atoms with Crippen LogP contribution in [0.1, 0.15) is 29.1 Å². The van der Waals surface area contributed by atoms with Crippen molar-refractivity contribution in [2.75, 3.05) is 19.6 Å². The first-order valence-corrected chi connectivity index (χ1v) is 6.31. The SMILES string of the molecule is O=C(O)c1cc(CC2CCN(CC(F)(F)F)CC2)on1. The largest absolute Gasteiger partial charge is 0.476 e. The van der Waals surface area contributed by atoms with E-state index in [1.54, 1.807) is 0 Å². The Morgan fingerprint density at radius 3 is 2.60 bits per heavy atom. The second kappa shape index (κ2) is 5.82. The molecule has 0 amide bonds. The number of hydrogen-bond donors (Lipinski definition) is 1. The summed E-state index contributed by atoms with van der Waals surface area (Å²) in [5.41, 5.74) is -0.144. The van der Waals surface area contributed by atoms with Crippen LogP contribution < -0.4 is 0 Å². The third-order valence-electron chi connectivity index (χ3n) is 3.38. The summed E-state index contributed by atoms with van der Waals surface area (Å²) in [5, 5.41) is 12.1. The standard InChI is InChI=1S/C12H15F3N2O3/c13-12(14,15)7-17-3-1-8(2-4-17)5-9-6-10(11(18)19)16-20-9/h6,8H,1-5,7H2,(H,18,19). The second-order valence-corrected chi connectivity index (χ2v) is 5.02. The van der Waals surface area contributed by atoms with Crippen LogP contribution in [0.2, 0.25) is 0 Å². The summed E-state index contributed by atoms with van der Waals surface area (Å²) in [6, 6.07) is 1.37. The molecule has 0 spiro atoms. The molecule has 5 nitrogen and oxygen atoms in total. The lowest BCUT2D eigenvalue weighted by atomic mass is 9.92. The minimum absolute atomic E-state index is 0.144. The molecule has 1 saturated heterocycles. The van der Waals surface area contributed by atoms with Gasteiger partial charge in [0.1, 0.15) is 5.76 Å². The Labute approximate surface area is 113 Å². The number of carboxylic acids is 1. The molecular weight excluding hydrogens is 277 g/mol. The summed E-state index contributed by atoms with van der Waals surface area (Å²) < 4.78 is 41.6. The van der Waals surface area contributed by atoms with Gasteiger partial charge in [0.2, 0.25) is 0 Å². The molecule has 8 heteroatoms. The van der Waals surface area contributed by atoms with Gasteiger partial charge in [-0.15, -0.1) is 0 Å². The molecule has 0 radical (unpaired) electrons. The van der Waals surface area contributed by atoms with E-state index in [1.165, 1.54) is 11.0 Å². The zero-order valence-corrected chi connectivity index (χ0v) is 10.7. The monoisotopic (exact) mass is 292 g/mol. The van der Waals surface area contributed by atoms with Gasteiger partial charge in [-0.25, -0.2) is 4.79 Å². The lowest BCUT2D eigenvalue weighted by Gasteiger charge is -2.31. The van der Waals surface area contributed by atoms with E-state index in [0.717, 1.165) is 0 Å². The van der Waals surface area contributed by atoms with Crippen molar-refractivity contribution in [3.63, 3.8) is 0 Å². The second-order valence-electron chi connectivity index (χ2n) is 5.02. The van der Waals surface area contributed by atoms with Crippen molar-refractivity contribution in [3.05, 3.63) is 17.5 Å². The first-order valence-electron chi connectivity index (χ1n) is 6.31. The highest BCUT2D eigenvalue weighted by atomic mass is 19.4. The molecule has 1 aromatic heterocycles. The zero-order valence-electron chi connectivity index (χ0n) is 10.7. The van der Waals surface area contributed by atoms with Crippen molar-refractivity contribution in [1.29, 1.82) is 0 Å². The van der Waals surface area contributed by atoms with Crippen LogP contribution in [0.5, 0.6) is 0 Å². The van der Waals surface area contributed by atoms with Crippen molar-refractivity contribution in [2.45, 2.75) is 25.4 Å². The number of carboxylic acid groups (broad SMARTS) is 1. The number of hydrogen-bond acceptors (Lipinski definition) is 4. The maximum absolute atomic E-state index is 12.2. The number of alkyl halides is 3. The van der Waals surface area contributed by atoms with Crippen LogP contribution in [0.3, 0.4) is 0 Å². The number of nitrogens with zero attached hydrogens (tertiary/aromatic N) is 2. The summed E-state index contributed by atoms with van der Waals surface area (Å²) in [5.74, 6) is -0.481. The number of aromatic carboxylic acids is 1. The molecule has 20 heavy (non-hydrogen) atoms. The number of aromatic nitrogens is 1. The Bertz CT molecular complexity index is 465. The molecule has 1 N–H and O–H groups in total. The normalized spacial score (nSPS) is 18.4. The van der Waals surface area contributed by atoms with Gasteiger partial charge >= 0.3 is 12.1 Å². The fraction of sp³-hybridized carbons (Fsp3) is 0.667. The van der Waals surface area contributed by atoms with Crippen molar-refractivity contribution < 1.29 is 27.6 Å². The van der Waals surface area contributed by atoms with E-state index < -0.39 is 18.7 Å². The van der Waals surface area contributed by atoms with Gasteiger partial charge in [0.05, 0.1) is 6.54 Å². The average molecular weight is 292 g/mol. The maximum atomic E-state index is 12.2. The quantitative estimate of drug-likeness (QED) is 0.921. The van der Waals surface area contributed by atoms with E-state index in [2.05, 4.69) is 5.16 Å². The number of rotatable bonds is 4. The van der Waals surface area contributed by atoms with E-state index in [4.69, 9.17) is 9.63 Å². The van der Waals surface area contributed by atoms with Crippen LogP contribution in [0, 0.1) is 5.92 Å². The highest BCUT2D eigenvalue weighted by Crippen LogP contribution is 2.25. The lowest BCUT2D eigenvalue weighted by Crippen LogP contribution is -2.40. The molecule has 0 atom stereocenters. The number of carbonyl (C=O) groups is 1. The summed E-state index contributed by atoms with van der Waals surface area (Å²) in [7, 11) is 0. The summed E-state index contributed by atoms with van der Waals surface area (Å²) >= 11 is 0. The summed E-state index contributed by atoms with van der Waals surface area (Å²) in [4.78, 5) is 12.0.